The molecule has 7 heteroatoms. The highest BCUT2D eigenvalue weighted by molar-refractivity contribution is 6.06. The molecule has 1 amide bonds. The smallest absolute Gasteiger partial charge is 0.291 e. The molecular weight excluding hydrogens is 366 g/mol. The number of carbonyl (C=O) groups is 1. The molecule has 7 nitrogen and oxygen atoms in total. The third-order valence-corrected chi connectivity index (χ3v) is 6.56. The second-order valence-electron chi connectivity index (χ2n) is 8.28. The first-order valence-electron chi connectivity index (χ1n) is 10.7. The number of aromatic nitrogens is 3. The van der Waals surface area contributed by atoms with Crippen LogP contribution >= 0.6 is 0 Å². The van der Waals surface area contributed by atoms with E-state index < -0.39 is 0 Å². The van der Waals surface area contributed by atoms with Crippen LogP contribution in [-0.4, -0.2) is 62.7 Å². The number of benzene rings is 1. The van der Waals surface area contributed by atoms with Crippen molar-refractivity contribution in [1.82, 2.24) is 24.6 Å². The van der Waals surface area contributed by atoms with Gasteiger partial charge in [-0.2, -0.15) is 5.10 Å². The molecule has 1 N–H and O–H groups in total. The Labute approximate surface area is 169 Å². The van der Waals surface area contributed by atoms with Gasteiger partial charge in [0.05, 0.1) is 6.20 Å². The van der Waals surface area contributed by atoms with Crippen LogP contribution in [0.15, 0.2) is 35.3 Å². The van der Waals surface area contributed by atoms with Gasteiger partial charge in [-0.15, -0.1) is 0 Å². The number of piperazine rings is 1. The summed E-state index contributed by atoms with van der Waals surface area (Å²) in [6.45, 7) is 3.32. The molecule has 2 aromatic heterocycles. The van der Waals surface area contributed by atoms with Gasteiger partial charge in [0.25, 0.3) is 5.56 Å². The fraction of sp³-hybridized carbons (Fsp3) is 0.500. The summed E-state index contributed by atoms with van der Waals surface area (Å²) in [7, 11) is 0. The van der Waals surface area contributed by atoms with Crippen molar-refractivity contribution in [3.05, 3.63) is 40.8 Å². The summed E-state index contributed by atoms with van der Waals surface area (Å²) in [5, 5.41) is 6.06. The van der Waals surface area contributed by atoms with Crippen LogP contribution in [0.2, 0.25) is 0 Å². The SMILES string of the molecule is O=C(Cn1ncc2c([nH]c3ccccc32)c1=O)N1CCN(C2CCCCC2)CC1. The third kappa shape index (κ3) is 3.44. The van der Waals surface area contributed by atoms with Crippen molar-refractivity contribution < 1.29 is 4.79 Å². The molecule has 2 fully saturated rings. The number of carbonyl (C=O) groups excluding carboxylic acids is 1. The molecule has 0 atom stereocenters. The van der Waals surface area contributed by atoms with Gasteiger partial charge in [-0.25, -0.2) is 4.68 Å². The zero-order valence-electron chi connectivity index (χ0n) is 16.6. The molecule has 0 unspecified atom stereocenters. The van der Waals surface area contributed by atoms with Crippen LogP contribution in [0.5, 0.6) is 0 Å². The largest absolute Gasteiger partial charge is 0.350 e. The van der Waals surface area contributed by atoms with Crippen molar-refractivity contribution in [3.63, 3.8) is 0 Å². The summed E-state index contributed by atoms with van der Waals surface area (Å²) in [5.41, 5.74) is 1.17. The minimum Gasteiger partial charge on any atom is -0.350 e. The third-order valence-electron chi connectivity index (χ3n) is 6.56. The molecule has 0 bridgehead atoms. The summed E-state index contributed by atoms with van der Waals surface area (Å²) in [6, 6.07) is 8.47. The van der Waals surface area contributed by atoms with E-state index >= 15 is 0 Å². The van der Waals surface area contributed by atoms with E-state index in [2.05, 4.69) is 15.0 Å². The minimum atomic E-state index is -0.243. The van der Waals surface area contributed by atoms with Gasteiger partial charge in [0.1, 0.15) is 12.1 Å². The molecule has 1 saturated heterocycles. The van der Waals surface area contributed by atoms with E-state index in [1.165, 1.54) is 36.8 Å². The predicted octanol–water partition coefficient (Wildman–Crippen LogP) is 2.35. The topological polar surface area (TPSA) is 74.2 Å². The predicted molar refractivity (Wildman–Crippen MR) is 113 cm³/mol. The quantitative estimate of drug-likeness (QED) is 0.741. The fourth-order valence-electron chi connectivity index (χ4n) is 4.90. The van der Waals surface area contributed by atoms with Crippen molar-refractivity contribution in [2.75, 3.05) is 26.2 Å². The average molecular weight is 393 g/mol. The van der Waals surface area contributed by atoms with E-state index in [1.807, 2.05) is 29.2 Å². The van der Waals surface area contributed by atoms with Gasteiger partial charge < -0.3 is 9.88 Å². The van der Waals surface area contributed by atoms with Gasteiger partial charge in [0.2, 0.25) is 5.91 Å². The summed E-state index contributed by atoms with van der Waals surface area (Å²) < 4.78 is 1.29. The Morgan fingerprint density at radius 3 is 2.59 bits per heavy atom. The molecule has 29 heavy (non-hydrogen) atoms. The number of fused-ring (bicyclic) bond motifs is 3. The number of hydrogen-bond donors (Lipinski definition) is 1. The maximum atomic E-state index is 12.9. The van der Waals surface area contributed by atoms with Crippen LogP contribution in [0.3, 0.4) is 0 Å². The van der Waals surface area contributed by atoms with Gasteiger partial charge in [-0.1, -0.05) is 37.5 Å². The van der Waals surface area contributed by atoms with Crippen LogP contribution in [0, 0.1) is 0 Å². The lowest BCUT2D eigenvalue weighted by molar-refractivity contribution is -0.134. The molecule has 1 aliphatic carbocycles. The zero-order chi connectivity index (χ0) is 19.8. The Morgan fingerprint density at radius 1 is 1.03 bits per heavy atom. The Hall–Kier alpha value is -2.67. The molecule has 2 aliphatic rings. The molecule has 5 rings (SSSR count). The minimum absolute atomic E-state index is 0.00638. The van der Waals surface area contributed by atoms with Crippen LogP contribution < -0.4 is 5.56 Å². The van der Waals surface area contributed by atoms with Crippen LogP contribution in [-0.2, 0) is 11.3 Å². The number of nitrogens with zero attached hydrogens (tertiary/aromatic N) is 4. The van der Waals surface area contributed by atoms with Gasteiger partial charge >= 0.3 is 0 Å². The molecule has 3 heterocycles. The second-order valence-corrected chi connectivity index (χ2v) is 8.28. The summed E-state index contributed by atoms with van der Waals surface area (Å²) in [4.78, 5) is 33.3. The fourth-order valence-corrected chi connectivity index (χ4v) is 4.90. The van der Waals surface area contributed by atoms with E-state index in [-0.39, 0.29) is 18.0 Å². The normalized spacial score (nSPS) is 19.2. The Kier molecular flexibility index (Phi) is 4.83. The number of rotatable bonds is 3. The van der Waals surface area contributed by atoms with Crippen molar-refractivity contribution in [2.45, 2.75) is 44.7 Å². The number of H-pyrrole nitrogens is 1. The van der Waals surface area contributed by atoms with Crippen molar-refractivity contribution in [3.8, 4) is 0 Å². The molecule has 1 saturated carbocycles. The first-order valence-corrected chi connectivity index (χ1v) is 10.7. The second kappa shape index (κ2) is 7.63. The molecule has 0 spiro atoms. The number of amides is 1. The lowest BCUT2D eigenvalue weighted by Gasteiger charge is -2.40. The van der Waals surface area contributed by atoms with Crippen molar-refractivity contribution in [2.24, 2.45) is 0 Å². The molecule has 0 radical (unpaired) electrons. The van der Waals surface area contributed by atoms with Gasteiger partial charge in [0, 0.05) is 48.5 Å². The molecular formula is C22H27N5O2. The summed E-state index contributed by atoms with van der Waals surface area (Å²) in [6.07, 6.45) is 8.28. The monoisotopic (exact) mass is 393 g/mol. The van der Waals surface area contributed by atoms with E-state index in [4.69, 9.17) is 0 Å². The van der Waals surface area contributed by atoms with E-state index in [1.54, 1.807) is 6.20 Å². The highest BCUT2D eigenvalue weighted by atomic mass is 16.2. The van der Waals surface area contributed by atoms with Crippen LogP contribution in [0.1, 0.15) is 32.1 Å². The van der Waals surface area contributed by atoms with Crippen LogP contribution in [0.4, 0.5) is 0 Å². The van der Waals surface area contributed by atoms with Gasteiger partial charge in [-0.3, -0.25) is 14.5 Å². The number of hydrogen-bond acceptors (Lipinski definition) is 4. The number of para-hydroxylation sites is 1. The first-order chi connectivity index (χ1) is 14.2. The van der Waals surface area contributed by atoms with Crippen molar-refractivity contribution >= 4 is 27.7 Å². The van der Waals surface area contributed by atoms with Crippen LogP contribution in [0.25, 0.3) is 21.8 Å². The molecule has 1 aliphatic heterocycles. The maximum Gasteiger partial charge on any atom is 0.291 e. The Morgan fingerprint density at radius 2 is 1.79 bits per heavy atom. The Balaban J connectivity index is 1.28. The lowest BCUT2D eigenvalue weighted by Crippen LogP contribution is -2.53. The zero-order valence-corrected chi connectivity index (χ0v) is 16.6. The Bertz CT molecular complexity index is 1090. The van der Waals surface area contributed by atoms with E-state index in [0.29, 0.717) is 11.6 Å². The average Bonchev–Trinajstić information content (AvgIpc) is 3.16. The first kappa shape index (κ1) is 18.4. The number of nitrogens with one attached hydrogen (secondary N) is 1. The highest BCUT2D eigenvalue weighted by Crippen LogP contribution is 2.24. The maximum absolute atomic E-state index is 12.9. The summed E-state index contributed by atoms with van der Waals surface area (Å²) in [5.74, 6) is -0.0293. The van der Waals surface area contributed by atoms with Gasteiger partial charge in [0.15, 0.2) is 0 Å². The van der Waals surface area contributed by atoms with Crippen molar-refractivity contribution in [1.29, 1.82) is 0 Å². The van der Waals surface area contributed by atoms with E-state index in [0.717, 1.165) is 42.5 Å². The van der Waals surface area contributed by atoms with E-state index in [9.17, 15) is 9.59 Å². The molecule has 3 aromatic rings. The molecule has 1 aromatic carbocycles. The highest BCUT2D eigenvalue weighted by Gasteiger charge is 2.27. The summed E-state index contributed by atoms with van der Waals surface area (Å²) >= 11 is 0. The number of aromatic amines is 1. The lowest BCUT2D eigenvalue weighted by atomic mass is 9.94. The molecule has 152 valence electrons. The standard InChI is InChI=1S/C22H27N5O2/c28-20(26-12-10-25(11-13-26)16-6-2-1-3-7-16)15-27-22(29)21-18(14-23-27)17-8-4-5-9-19(17)24-21/h4-5,8-9,14,16,24H,1-3,6-7,10-13,15H2. The van der Waals surface area contributed by atoms with Gasteiger partial charge in [-0.05, 0) is 18.9 Å².